The van der Waals surface area contributed by atoms with Gasteiger partial charge in [0, 0.05) is 43.4 Å². The Morgan fingerprint density at radius 2 is 1.81 bits per heavy atom. The zero-order valence-electron chi connectivity index (χ0n) is 28.6. The lowest BCUT2D eigenvalue weighted by Crippen LogP contribution is -2.48. The number of carbonyl (C=O) groups is 2. The van der Waals surface area contributed by atoms with Gasteiger partial charge in [-0.05, 0) is 63.1 Å². The topological polar surface area (TPSA) is 147 Å². The van der Waals surface area contributed by atoms with E-state index in [0.717, 1.165) is 73.8 Å². The molecule has 0 saturated carbocycles. The number of nitrogens with zero attached hydrogens (tertiary/aromatic N) is 4. The van der Waals surface area contributed by atoms with Gasteiger partial charge in [-0.25, -0.2) is 19.7 Å². The zero-order valence-corrected chi connectivity index (χ0v) is 28.6. The van der Waals surface area contributed by atoms with Crippen LogP contribution in [0, 0.1) is 0 Å². The standard InChI is InChI=1S/C30H38N8O3.C4H8.C2H6/c1-2-23-28(33-17-25(26(31)39)37-30(40)41-18-20-7-4-3-5-8-20)34-19-35-29(23)38-15-12-21(13-16-38)24-11-10-22-9-6-14-32-27(22)36-24;1-3-4-2;1-2/h3-5,7-8,10-11,19,21,25H,2,6,9,12-18H2,1H3,(H2,31,39)(H,32,36)(H,37,40)(H,33,34,35);3-4H,1-2H3;1-2H3. The number of rotatable bonds is 10. The third kappa shape index (κ3) is 11.0. The average molecular weight is 645 g/mol. The predicted molar refractivity (Wildman–Crippen MR) is 190 cm³/mol. The van der Waals surface area contributed by atoms with Crippen LogP contribution in [0.2, 0.25) is 0 Å². The molecule has 4 heterocycles. The molecular weight excluding hydrogens is 592 g/mol. The number of carbonyl (C=O) groups excluding carboxylic acids is 2. The van der Waals surface area contributed by atoms with Gasteiger partial charge in [0.15, 0.2) is 0 Å². The Morgan fingerprint density at radius 1 is 1.09 bits per heavy atom. The van der Waals surface area contributed by atoms with Crippen molar-refractivity contribution in [3.05, 3.63) is 83.3 Å². The van der Waals surface area contributed by atoms with Gasteiger partial charge in [-0.2, -0.15) is 0 Å². The number of alkyl carbamates (subject to hydrolysis) is 1. The van der Waals surface area contributed by atoms with Crippen molar-refractivity contribution in [1.29, 1.82) is 0 Å². The van der Waals surface area contributed by atoms with Gasteiger partial charge in [-0.3, -0.25) is 4.79 Å². The number of nitrogens with one attached hydrogen (secondary N) is 3. The molecule has 0 aliphatic carbocycles. The molecular formula is C36H52N8O3. The van der Waals surface area contributed by atoms with Gasteiger partial charge in [-0.15, -0.1) is 0 Å². The van der Waals surface area contributed by atoms with Gasteiger partial charge in [0.2, 0.25) is 5.91 Å². The molecule has 2 aliphatic heterocycles. The van der Waals surface area contributed by atoms with Crippen molar-refractivity contribution in [3.63, 3.8) is 0 Å². The maximum absolute atomic E-state index is 12.3. The van der Waals surface area contributed by atoms with Crippen molar-refractivity contribution in [2.75, 3.05) is 41.7 Å². The molecule has 11 heteroatoms. The van der Waals surface area contributed by atoms with Crippen LogP contribution in [-0.4, -0.2) is 59.2 Å². The number of benzene rings is 1. The van der Waals surface area contributed by atoms with Crippen LogP contribution in [0.1, 0.15) is 82.2 Å². The molecule has 0 bridgehead atoms. The van der Waals surface area contributed by atoms with Crippen molar-refractivity contribution < 1.29 is 14.3 Å². The van der Waals surface area contributed by atoms with Crippen LogP contribution < -0.4 is 26.6 Å². The quantitative estimate of drug-likeness (QED) is 0.196. The first-order chi connectivity index (χ1) is 22.9. The SMILES string of the molecule is CC.CC=CC.CCc1c(NCC(NC(=O)OCc2ccccc2)C(N)=O)ncnc1N1CCC(c2ccc3c(n2)NCCC3)CC1. The fraction of sp³-hybridized carbons (Fsp3) is 0.472. The lowest BCUT2D eigenvalue weighted by molar-refractivity contribution is -0.119. The summed E-state index contributed by atoms with van der Waals surface area (Å²) in [6.07, 6.45) is 9.73. The highest BCUT2D eigenvalue weighted by atomic mass is 16.5. The summed E-state index contributed by atoms with van der Waals surface area (Å²) in [5.41, 5.74) is 9.84. The molecule has 5 rings (SSSR count). The highest BCUT2D eigenvalue weighted by Gasteiger charge is 2.26. The first kappa shape index (κ1) is 36.8. The number of anilines is 3. The van der Waals surface area contributed by atoms with Gasteiger partial charge in [0.1, 0.15) is 36.4 Å². The van der Waals surface area contributed by atoms with Crippen LogP contribution in [-0.2, 0) is 29.0 Å². The molecule has 1 aromatic carbocycles. The summed E-state index contributed by atoms with van der Waals surface area (Å²) in [5.74, 6) is 2.29. The molecule has 2 aliphatic rings. The summed E-state index contributed by atoms with van der Waals surface area (Å²) >= 11 is 0. The van der Waals surface area contributed by atoms with Crippen LogP contribution in [0.3, 0.4) is 0 Å². The van der Waals surface area contributed by atoms with E-state index >= 15 is 0 Å². The molecule has 1 fully saturated rings. The number of pyridine rings is 1. The van der Waals surface area contributed by atoms with Crippen LogP contribution in [0.4, 0.5) is 22.2 Å². The summed E-state index contributed by atoms with van der Waals surface area (Å²) in [6.45, 7) is 12.9. The Labute approximate surface area is 279 Å². The molecule has 11 nitrogen and oxygen atoms in total. The van der Waals surface area contributed by atoms with Gasteiger partial charge in [0.25, 0.3) is 0 Å². The smallest absolute Gasteiger partial charge is 0.408 e. The molecule has 5 N–H and O–H groups in total. The van der Waals surface area contributed by atoms with Crippen molar-refractivity contribution in [1.82, 2.24) is 20.3 Å². The number of nitrogens with two attached hydrogens (primary N) is 1. The van der Waals surface area contributed by atoms with Gasteiger partial charge in [-0.1, -0.05) is 69.3 Å². The second kappa shape index (κ2) is 19.8. The Morgan fingerprint density at radius 3 is 2.47 bits per heavy atom. The molecule has 1 saturated heterocycles. The highest BCUT2D eigenvalue weighted by Crippen LogP contribution is 2.33. The summed E-state index contributed by atoms with van der Waals surface area (Å²) in [6, 6.07) is 12.8. The minimum Gasteiger partial charge on any atom is -0.445 e. The highest BCUT2D eigenvalue weighted by molar-refractivity contribution is 5.84. The Hall–Kier alpha value is -4.67. The Kier molecular flexibility index (Phi) is 15.5. The number of amides is 2. The van der Waals surface area contributed by atoms with Crippen LogP contribution in [0.15, 0.2) is 60.9 Å². The van der Waals surface area contributed by atoms with Gasteiger partial charge in [0.05, 0.1) is 0 Å². The summed E-state index contributed by atoms with van der Waals surface area (Å²) in [7, 11) is 0. The van der Waals surface area contributed by atoms with E-state index in [1.54, 1.807) is 0 Å². The number of fused-ring (bicyclic) bond motifs is 1. The van der Waals surface area contributed by atoms with E-state index in [1.807, 2.05) is 70.2 Å². The lowest BCUT2D eigenvalue weighted by atomic mass is 9.92. The number of primary amides is 1. The van der Waals surface area contributed by atoms with E-state index < -0.39 is 18.0 Å². The predicted octanol–water partition coefficient (Wildman–Crippen LogP) is 5.98. The van der Waals surface area contributed by atoms with Crippen molar-refractivity contribution in [3.8, 4) is 0 Å². The monoisotopic (exact) mass is 644 g/mol. The zero-order chi connectivity index (χ0) is 34.0. The minimum absolute atomic E-state index is 0.0688. The molecule has 1 atom stereocenters. The Balaban J connectivity index is 0.000000930. The van der Waals surface area contributed by atoms with E-state index in [1.165, 1.54) is 11.9 Å². The number of ether oxygens (including phenoxy) is 1. The lowest BCUT2D eigenvalue weighted by Gasteiger charge is -2.34. The maximum atomic E-state index is 12.3. The fourth-order valence-electron chi connectivity index (χ4n) is 5.44. The normalized spacial score (nSPS) is 14.7. The van der Waals surface area contributed by atoms with Crippen LogP contribution in [0.5, 0.6) is 0 Å². The third-order valence-electron chi connectivity index (χ3n) is 8.06. The minimum atomic E-state index is -0.976. The van der Waals surface area contributed by atoms with E-state index in [0.29, 0.717) is 18.2 Å². The number of piperidine rings is 1. The largest absolute Gasteiger partial charge is 0.445 e. The number of allylic oxidation sites excluding steroid dienone is 2. The Bertz CT molecular complexity index is 1420. The number of hydrogen-bond acceptors (Lipinski definition) is 9. The molecule has 0 spiro atoms. The second-order valence-electron chi connectivity index (χ2n) is 11.1. The third-order valence-corrected chi connectivity index (χ3v) is 8.06. The first-order valence-corrected chi connectivity index (χ1v) is 16.8. The second-order valence-corrected chi connectivity index (χ2v) is 11.1. The van der Waals surface area contributed by atoms with Crippen molar-refractivity contribution in [2.24, 2.45) is 5.73 Å². The first-order valence-electron chi connectivity index (χ1n) is 16.8. The van der Waals surface area contributed by atoms with Crippen molar-refractivity contribution in [2.45, 2.75) is 85.3 Å². The average Bonchev–Trinajstić information content (AvgIpc) is 3.13. The van der Waals surface area contributed by atoms with E-state index in [2.05, 4.69) is 49.9 Å². The van der Waals surface area contributed by atoms with E-state index in [9.17, 15) is 9.59 Å². The summed E-state index contributed by atoms with van der Waals surface area (Å²) in [4.78, 5) is 40.7. The van der Waals surface area contributed by atoms with Crippen LogP contribution >= 0.6 is 0 Å². The molecule has 254 valence electrons. The van der Waals surface area contributed by atoms with E-state index in [4.69, 9.17) is 15.5 Å². The summed E-state index contributed by atoms with van der Waals surface area (Å²) in [5, 5.41) is 9.19. The molecule has 1 unspecified atom stereocenters. The molecule has 3 aromatic rings. The molecule has 2 aromatic heterocycles. The number of aromatic nitrogens is 3. The molecule has 47 heavy (non-hydrogen) atoms. The van der Waals surface area contributed by atoms with Crippen LogP contribution in [0.25, 0.3) is 0 Å². The van der Waals surface area contributed by atoms with Gasteiger partial charge >= 0.3 is 6.09 Å². The number of aryl methyl sites for hydroxylation is 1. The van der Waals surface area contributed by atoms with E-state index in [-0.39, 0.29) is 13.2 Å². The molecule has 2 amide bonds. The number of hydrogen-bond donors (Lipinski definition) is 4. The van der Waals surface area contributed by atoms with Gasteiger partial charge < -0.3 is 31.3 Å². The van der Waals surface area contributed by atoms with Crippen molar-refractivity contribution >= 4 is 29.5 Å². The maximum Gasteiger partial charge on any atom is 0.408 e. The fourth-order valence-corrected chi connectivity index (χ4v) is 5.44. The summed E-state index contributed by atoms with van der Waals surface area (Å²) < 4.78 is 5.25. The molecule has 0 radical (unpaired) electrons.